The summed E-state index contributed by atoms with van der Waals surface area (Å²) in [5, 5.41) is 15.7. The number of fused-ring (bicyclic) bond motifs is 2. The molecule has 2 atom stereocenters. The molecule has 1 aromatic heterocycles. The number of aliphatic carboxylic acids is 1. The van der Waals surface area contributed by atoms with E-state index in [2.05, 4.69) is 5.32 Å². The summed E-state index contributed by atoms with van der Waals surface area (Å²) >= 11 is 1.55. The molecule has 2 fully saturated rings. The fourth-order valence-electron chi connectivity index (χ4n) is 3.56. The van der Waals surface area contributed by atoms with Crippen LogP contribution in [0.1, 0.15) is 32.1 Å². The van der Waals surface area contributed by atoms with Crippen LogP contribution in [0, 0.1) is 5.92 Å². The molecule has 3 heterocycles. The number of amides is 2. The Labute approximate surface area is 121 Å². The number of hydrogen-bond donors (Lipinski definition) is 2. The lowest BCUT2D eigenvalue weighted by atomic mass is 9.88. The van der Waals surface area contributed by atoms with Crippen molar-refractivity contribution in [1.29, 1.82) is 0 Å². The fraction of sp³-hybridized carbons (Fsp3) is 0.571. The largest absolute Gasteiger partial charge is 0.481 e. The maximum atomic E-state index is 12.4. The van der Waals surface area contributed by atoms with Gasteiger partial charge < -0.3 is 15.3 Å². The lowest BCUT2D eigenvalue weighted by molar-refractivity contribution is -0.138. The number of thiophene rings is 1. The van der Waals surface area contributed by atoms with Crippen molar-refractivity contribution >= 4 is 29.0 Å². The summed E-state index contributed by atoms with van der Waals surface area (Å²) in [5.74, 6) is -0.513. The third-order valence-electron chi connectivity index (χ3n) is 4.30. The molecule has 0 saturated carbocycles. The first-order valence-corrected chi connectivity index (χ1v) is 7.91. The van der Waals surface area contributed by atoms with Crippen LogP contribution in [-0.4, -0.2) is 34.1 Å². The van der Waals surface area contributed by atoms with E-state index < -0.39 is 5.97 Å². The normalized spacial score (nSPS) is 28.4. The molecule has 2 saturated heterocycles. The number of hydrogen-bond acceptors (Lipinski definition) is 3. The molecule has 5 nitrogen and oxygen atoms in total. The summed E-state index contributed by atoms with van der Waals surface area (Å²) in [4.78, 5) is 25.1. The van der Waals surface area contributed by atoms with Gasteiger partial charge in [-0.15, -0.1) is 0 Å². The number of rotatable bonds is 3. The van der Waals surface area contributed by atoms with E-state index in [0.29, 0.717) is 0 Å². The van der Waals surface area contributed by atoms with Crippen molar-refractivity contribution in [3.05, 3.63) is 16.8 Å². The third-order valence-corrected chi connectivity index (χ3v) is 4.98. The molecule has 0 aliphatic carbocycles. The fourth-order valence-corrected chi connectivity index (χ4v) is 4.15. The molecule has 3 rings (SSSR count). The second kappa shape index (κ2) is 5.44. The molecule has 2 bridgehead atoms. The molecule has 1 aromatic rings. The van der Waals surface area contributed by atoms with E-state index in [1.54, 1.807) is 11.3 Å². The van der Waals surface area contributed by atoms with Gasteiger partial charge in [0.25, 0.3) is 0 Å². The highest BCUT2D eigenvalue weighted by Gasteiger charge is 2.43. The van der Waals surface area contributed by atoms with Crippen molar-refractivity contribution in [3.63, 3.8) is 0 Å². The highest BCUT2D eigenvalue weighted by Crippen LogP contribution is 2.40. The van der Waals surface area contributed by atoms with Crippen molar-refractivity contribution < 1.29 is 14.7 Å². The Morgan fingerprint density at radius 3 is 2.60 bits per heavy atom. The van der Waals surface area contributed by atoms with E-state index in [-0.39, 0.29) is 30.5 Å². The molecule has 2 aliphatic heterocycles. The number of carbonyl (C=O) groups is 2. The van der Waals surface area contributed by atoms with Crippen molar-refractivity contribution in [2.45, 2.75) is 44.2 Å². The lowest BCUT2D eigenvalue weighted by Gasteiger charge is -2.38. The van der Waals surface area contributed by atoms with Crippen molar-refractivity contribution in [3.8, 4) is 0 Å². The van der Waals surface area contributed by atoms with Gasteiger partial charge >= 0.3 is 12.0 Å². The van der Waals surface area contributed by atoms with Crippen LogP contribution in [-0.2, 0) is 4.79 Å². The minimum atomic E-state index is -0.731. The summed E-state index contributed by atoms with van der Waals surface area (Å²) in [6.07, 6.45) is 3.86. The lowest BCUT2D eigenvalue weighted by Crippen LogP contribution is -2.48. The Morgan fingerprint density at radius 2 is 2.05 bits per heavy atom. The van der Waals surface area contributed by atoms with E-state index in [1.807, 2.05) is 21.7 Å². The van der Waals surface area contributed by atoms with Gasteiger partial charge in [-0.2, -0.15) is 11.3 Å². The van der Waals surface area contributed by atoms with Gasteiger partial charge in [-0.1, -0.05) is 0 Å². The zero-order valence-electron chi connectivity index (χ0n) is 11.1. The zero-order chi connectivity index (χ0) is 14.1. The average Bonchev–Trinajstić information content (AvgIpc) is 2.95. The highest BCUT2D eigenvalue weighted by atomic mass is 32.1. The first-order chi connectivity index (χ1) is 9.63. The molecule has 2 N–H and O–H groups in total. The third kappa shape index (κ3) is 2.65. The Morgan fingerprint density at radius 1 is 1.35 bits per heavy atom. The summed E-state index contributed by atoms with van der Waals surface area (Å²) in [6.45, 7) is 0. The first-order valence-electron chi connectivity index (χ1n) is 6.97. The van der Waals surface area contributed by atoms with Crippen LogP contribution in [0.3, 0.4) is 0 Å². The minimum absolute atomic E-state index is 0.0373. The van der Waals surface area contributed by atoms with Crippen LogP contribution in [0.2, 0.25) is 0 Å². The average molecular weight is 294 g/mol. The number of nitrogens with zero attached hydrogens (tertiary/aromatic N) is 1. The van der Waals surface area contributed by atoms with Gasteiger partial charge in [-0.25, -0.2) is 4.79 Å². The molecule has 20 heavy (non-hydrogen) atoms. The second-order valence-corrected chi connectivity index (χ2v) is 6.45. The molecule has 2 unspecified atom stereocenters. The molecule has 0 spiro atoms. The number of carbonyl (C=O) groups excluding carboxylic acids is 1. The Kier molecular flexibility index (Phi) is 3.65. The zero-order valence-corrected chi connectivity index (χ0v) is 11.9. The van der Waals surface area contributed by atoms with E-state index in [0.717, 1.165) is 31.4 Å². The van der Waals surface area contributed by atoms with Gasteiger partial charge in [0.2, 0.25) is 0 Å². The second-order valence-electron chi connectivity index (χ2n) is 5.67. The number of nitrogens with one attached hydrogen (secondary N) is 1. The van der Waals surface area contributed by atoms with Gasteiger partial charge in [0.1, 0.15) is 0 Å². The van der Waals surface area contributed by atoms with Gasteiger partial charge in [0.05, 0.1) is 5.69 Å². The van der Waals surface area contributed by atoms with Crippen molar-refractivity contribution in [1.82, 2.24) is 4.90 Å². The van der Waals surface area contributed by atoms with Crippen LogP contribution >= 0.6 is 11.3 Å². The van der Waals surface area contributed by atoms with E-state index in [9.17, 15) is 9.59 Å². The van der Waals surface area contributed by atoms with Crippen LogP contribution in [0.15, 0.2) is 16.8 Å². The van der Waals surface area contributed by atoms with Gasteiger partial charge in [0, 0.05) is 23.9 Å². The predicted octanol–water partition coefficient (Wildman–Crippen LogP) is 3.00. The van der Waals surface area contributed by atoms with Gasteiger partial charge in [0.15, 0.2) is 0 Å². The molecular formula is C14H18N2O3S. The Bertz CT molecular complexity index is 489. The molecule has 108 valence electrons. The van der Waals surface area contributed by atoms with Gasteiger partial charge in [-0.3, -0.25) is 4.79 Å². The standard InChI is InChI=1S/C14H18N2O3S/c17-13(18)7-9-5-11-1-2-12(6-9)16(11)14(19)15-10-3-4-20-8-10/h3-4,8-9,11-12H,1-2,5-7H2,(H,15,19)(H,17,18). The predicted molar refractivity (Wildman–Crippen MR) is 77.0 cm³/mol. The maximum Gasteiger partial charge on any atom is 0.322 e. The van der Waals surface area contributed by atoms with E-state index >= 15 is 0 Å². The Hall–Kier alpha value is -1.56. The molecule has 0 aromatic carbocycles. The summed E-state index contributed by atoms with van der Waals surface area (Å²) in [5.41, 5.74) is 0.840. The number of urea groups is 1. The monoisotopic (exact) mass is 294 g/mol. The van der Waals surface area contributed by atoms with Crippen LogP contribution < -0.4 is 5.32 Å². The first kappa shape index (κ1) is 13.4. The van der Waals surface area contributed by atoms with Crippen LogP contribution in [0.5, 0.6) is 0 Å². The minimum Gasteiger partial charge on any atom is -0.481 e. The summed E-state index contributed by atoms with van der Waals surface area (Å²) < 4.78 is 0. The Balaban J connectivity index is 1.64. The quantitative estimate of drug-likeness (QED) is 0.900. The summed E-state index contributed by atoms with van der Waals surface area (Å²) in [7, 11) is 0. The van der Waals surface area contributed by atoms with Crippen molar-refractivity contribution in [2.75, 3.05) is 5.32 Å². The SMILES string of the molecule is O=C(O)CC1CC2CCC(C1)N2C(=O)Nc1ccsc1. The van der Waals surface area contributed by atoms with E-state index in [4.69, 9.17) is 5.11 Å². The molecule has 0 radical (unpaired) electrons. The highest BCUT2D eigenvalue weighted by molar-refractivity contribution is 7.08. The maximum absolute atomic E-state index is 12.4. The molecule has 6 heteroatoms. The molecule has 2 aliphatic rings. The summed E-state index contributed by atoms with van der Waals surface area (Å²) in [6, 6.07) is 2.26. The topological polar surface area (TPSA) is 69.6 Å². The smallest absolute Gasteiger partial charge is 0.322 e. The van der Waals surface area contributed by atoms with E-state index in [1.165, 1.54) is 0 Å². The van der Waals surface area contributed by atoms with Crippen LogP contribution in [0.4, 0.5) is 10.5 Å². The number of carboxylic acids is 1. The number of piperidine rings is 1. The number of carboxylic acid groups (broad SMARTS) is 1. The molecular weight excluding hydrogens is 276 g/mol. The number of anilines is 1. The van der Waals surface area contributed by atoms with Crippen LogP contribution in [0.25, 0.3) is 0 Å². The van der Waals surface area contributed by atoms with Crippen molar-refractivity contribution in [2.24, 2.45) is 5.92 Å². The van der Waals surface area contributed by atoms with Gasteiger partial charge in [-0.05, 0) is 43.0 Å². The molecule has 2 amide bonds.